The van der Waals surface area contributed by atoms with Gasteiger partial charge < -0.3 is 0 Å². The Balaban J connectivity index is 2.10. The predicted octanol–water partition coefficient (Wildman–Crippen LogP) is 2.14. The fraction of sp³-hybridized carbons (Fsp3) is 0.643. The number of pyridine rings is 1. The van der Waals surface area contributed by atoms with Gasteiger partial charge in [0.1, 0.15) is 0 Å². The highest BCUT2D eigenvalue weighted by Crippen LogP contribution is 2.69. The SMILES string of the molecule is CC1(C)C(C(Cc2ccccn2)NN)C1(C)C. The summed E-state index contributed by atoms with van der Waals surface area (Å²) in [4.78, 5) is 4.38. The van der Waals surface area contributed by atoms with Gasteiger partial charge in [0.05, 0.1) is 0 Å². The van der Waals surface area contributed by atoms with Crippen molar-refractivity contribution in [2.75, 3.05) is 0 Å². The lowest BCUT2D eigenvalue weighted by molar-refractivity contribution is 0.399. The first-order valence-electron chi connectivity index (χ1n) is 6.27. The van der Waals surface area contributed by atoms with Crippen molar-refractivity contribution < 1.29 is 0 Å². The van der Waals surface area contributed by atoms with Crippen molar-refractivity contribution in [1.82, 2.24) is 10.4 Å². The van der Waals surface area contributed by atoms with Crippen molar-refractivity contribution in [2.45, 2.75) is 40.2 Å². The molecule has 94 valence electrons. The first kappa shape index (κ1) is 12.5. The number of hydrogen-bond donors (Lipinski definition) is 2. The molecule has 3 N–H and O–H groups in total. The number of nitrogens with zero attached hydrogens (tertiary/aromatic N) is 1. The van der Waals surface area contributed by atoms with Gasteiger partial charge in [-0.05, 0) is 28.9 Å². The van der Waals surface area contributed by atoms with Crippen LogP contribution < -0.4 is 11.3 Å². The molecule has 1 aliphatic rings. The highest BCUT2D eigenvalue weighted by Gasteiger charge is 2.66. The molecule has 0 aromatic carbocycles. The zero-order chi connectivity index (χ0) is 12.7. The Morgan fingerprint density at radius 2 is 1.94 bits per heavy atom. The Bertz CT molecular complexity index is 370. The minimum atomic E-state index is 0.301. The van der Waals surface area contributed by atoms with Gasteiger partial charge in [-0.1, -0.05) is 33.8 Å². The summed E-state index contributed by atoms with van der Waals surface area (Å²) >= 11 is 0. The number of nitrogens with one attached hydrogen (secondary N) is 1. The summed E-state index contributed by atoms with van der Waals surface area (Å²) in [5, 5.41) is 0. The van der Waals surface area contributed by atoms with Gasteiger partial charge in [-0.15, -0.1) is 0 Å². The van der Waals surface area contributed by atoms with Crippen LogP contribution in [0.15, 0.2) is 24.4 Å². The highest BCUT2D eigenvalue weighted by atomic mass is 15.2. The second-order valence-electron chi connectivity index (χ2n) is 6.22. The molecule has 3 nitrogen and oxygen atoms in total. The van der Waals surface area contributed by atoms with Crippen molar-refractivity contribution in [1.29, 1.82) is 0 Å². The Hall–Kier alpha value is -0.930. The minimum Gasteiger partial charge on any atom is -0.271 e. The van der Waals surface area contributed by atoms with Crippen LogP contribution in [-0.2, 0) is 6.42 Å². The van der Waals surface area contributed by atoms with Crippen LogP contribution in [0, 0.1) is 16.7 Å². The van der Waals surface area contributed by atoms with Crippen molar-refractivity contribution >= 4 is 0 Å². The smallest absolute Gasteiger partial charge is 0.0419 e. The summed E-state index contributed by atoms with van der Waals surface area (Å²) in [6, 6.07) is 6.33. The Labute approximate surface area is 104 Å². The lowest BCUT2D eigenvalue weighted by Gasteiger charge is -2.17. The first-order valence-corrected chi connectivity index (χ1v) is 6.27. The van der Waals surface area contributed by atoms with Gasteiger partial charge in [0.2, 0.25) is 0 Å². The minimum absolute atomic E-state index is 0.301. The lowest BCUT2D eigenvalue weighted by Crippen LogP contribution is -2.40. The molecule has 1 unspecified atom stereocenters. The van der Waals surface area contributed by atoms with E-state index in [0.29, 0.717) is 22.8 Å². The summed E-state index contributed by atoms with van der Waals surface area (Å²) in [7, 11) is 0. The summed E-state index contributed by atoms with van der Waals surface area (Å²) < 4.78 is 0. The molecule has 1 aromatic rings. The van der Waals surface area contributed by atoms with Crippen molar-refractivity contribution in [2.24, 2.45) is 22.6 Å². The molecule has 1 saturated carbocycles. The molecule has 1 fully saturated rings. The van der Waals surface area contributed by atoms with Crippen LogP contribution >= 0.6 is 0 Å². The van der Waals surface area contributed by atoms with Gasteiger partial charge in [-0.25, -0.2) is 0 Å². The monoisotopic (exact) mass is 233 g/mol. The van der Waals surface area contributed by atoms with Crippen molar-refractivity contribution in [3.8, 4) is 0 Å². The molecule has 1 aromatic heterocycles. The van der Waals surface area contributed by atoms with E-state index in [-0.39, 0.29) is 0 Å². The average molecular weight is 233 g/mol. The summed E-state index contributed by atoms with van der Waals surface area (Å²) in [6.07, 6.45) is 2.74. The fourth-order valence-electron chi connectivity index (χ4n) is 3.27. The van der Waals surface area contributed by atoms with E-state index in [1.165, 1.54) is 0 Å². The van der Waals surface area contributed by atoms with Crippen LogP contribution in [0.3, 0.4) is 0 Å². The number of aromatic nitrogens is 1. The quantitative estimate of drug-likeness (QED) is 0.619. The van der Waals surface area contributed by atoms with Gasteiger partial charge in [0.15, 0.2) is 0 Å². The second kappa shape index (κ2) is 4.07. The third-order valence-corrected chi connectivity index (χ3v) is 4.90. The molecule has 0 bridgehead atoms. The summed E-state index contributed by atoms with van der Waals surface area (Å²) in [5.41, 5.74) is 4.78. The topological polar surface area (TPSA) is 50.9 Å². The Morgan fingerprint density at radius 1 is 1.29 bits per heavy atom. The van der Waals surface area contributed by atoms with Gasteiger partial charge in [0, 0.05) is 24.4 Å². The van der Waals surface area contributed by atoms with Gasteiger partial charge in [-0.2, -0.15) is 0 Å². The Morgan fingerprint density at radius 3 is 2.35 bits per heavy atom. The molecule has 2 rings (SSSR count). The molecule has 17 heavy (non-hydrogen) atoms. The number of hydrogen-bond acceptors (Lipinski definition) is 3. The average Bonchev–Trinajstić information content (AvgIpc) is 2.68. The molecular formula is C14H23N3. The van der Waals surface area contributed by atoms with E-state index < -0.39 is 0 Å². The van der Waals surface area contributed by atoms with E-state index in [1.807, 2.05) is 18.3 Å². The predicted molar refractivity (Wildman–Crippen MR) is 70.1 cm³/mol. The molecule has 3 heteroatoms. The highest BCUT2D eigenvalue weighted by molar-refractivity contribution is 5.18. The fourth-order valence-corrected chi connectivity index (χ4v) is 3.27. The maximum atomic E-state index is 5.73. The normalized spacial score (nSPS) is 23.4. The standard InChI is InChI=1S/C14H23N3/c1-13(2)12(14(13,3)4)11(17-15)9-10-7-5-6-8-16-10/h5-8,11-12,17H,9,15H2,1-4H3. The number of hydrazine groups is 1. The van der Waals surface area contributed by atoms with Crippen LogP contribution in [0.1, 0.15) is 33.4 Å². The first-order chi connectivity index (χ1) is 7.91. The molecule has 1 atom stereocenters. The molecule has 1 heterocycles. The van der Waals surface area contributed by atoms with Gasteiger partial charge in [0.25, 0.3) is 0 Å². The molecule has 1 aliphatic carbocycles. The van der Waals surface area contributed by atoms with E-state index in [0.717, 1.165) is 12.1 Å². The van der Waals surface area contributed by atoms with Crippen LogP contribution in [0.5, 0.6) is 0 Å². The molecule has 0 amide bonds. The van der Waals surface area contributed by atoms with E-state index in [1.54, 1.807) is 0 Å². The lowest BCUT2D eigenvalue weighted by atomic mass is 10.00. The number of rotatable bonds is 4. The molecule has 0 saturated heterocycles. The summed E-state index contributed by atoms with van der Waals surface area (Å²) in [5.74, 6) is 6.33. The van der Waals surface area contributed by atoms with Crippen molar-refractivity contribution in [3.05, 3.63) is 30.1 Å². The zero-order valence-electron chi connectivity index (χ0n) is 11.2. The van der Waals surface area contributed by atoms with Crippen LogP contribution in [0.25, 0.3) is 0 Å². The Kier molecular flexibility index (Phi) is 3.00. The van der Waals surface area contributed by atoms with Gasteiger partial charge >= 0.3 is 0 Å². The second-order valence-corrected chi connectivity index (χ2v) is 6.22. The van der Waals surface area contributed by atoms with Gasteiger partial charge in [-0.3, -0.25) is 16.3 Å². The zero-order valence-corrected chi connectivity index (χ0v) is 11.2. The van der Waals surface area contributed by atoms with E-state index in [4.69, 9.17) is 5.84 Å². The number of nitrogens with two attached hydrogens (primary N) is 1. The maximum absolute atomic E-state index is 5.73. The maximum Gasteiger partial charge on any atom is 0.0419 e. The third kappa shape index (κ3) is 1.98. The van der Waals surface area contributed by atoms with Crippen LogP contribution in [0.4, 0.5) is 0 Å². The van der Waals surface area contributed by atoms with E-state index in [9.17, 15) is 0 Å². The van der Waals surface area contributed by atoms with Crippen molar-refractivity contribution in [3.63, 3.8) is 0 Å². The van der Waals surface area contributed by atoms with Crippen LogP contribution in [-0.4, -0.2) is 11.0 Å². The molecular weight excluding hydrogens is 210 g/mol. The van der Waals surface area contributed by atoms with Crippen LogP contribution in [0.2, 0.25) is 0 Å². The third-order valence-electron chi connectivity index (χ3n) is 4.90. The van der Waals surface area contributed by atoms with E-state index >= 15 is 0 Å². The van der Waals surface area contributed by atoms with E-state index in [2.05, 4.69) is 44.2 Å². The molecule has 0 aliphatic heterocycles. The largest absolute Gasteiger partial charge is 0.271 e. The molecule has 0 spiro atoms. The molecule has 0 radical (unpaired) electrons. The summed E-state index contributed by atoms with van der Waals surface area (Å²) in [6.45, 7) is 9.28.